The molecule has 2 aromatic carbocycles. The number of hydrogen-bond acceptors (Lipinski definition) is 4. The van der Waals surface area contributed by atoms with Crippen LogP contribution < -0.4 is 15.4 Å². The molecule has 0 heterocycles. The monoisotopic (exact) mass is 478 g/mol. The van der Waals surface area contributed by atoms with Crippen molar-refractivity contribution in [1.82, 2.24) is 10.6 Å². The van der Waals surface area contributed by atoms with Gasteiger partial charge < -0.3 is 20.5 Å². The Morgan fingerprint density at radius 3 is 2.29 bits per heavy atom. The number of alkyl halides is 3. The number of carbonyl (C=O) groups excluding carboxylic acids is 2. The average molecular weight is 478 g/mol. The Kier molecular flexibility index (Phi) is 6.35. The summed E-state index contributed by atoms with van der Waals surface area (Å²) in [6, 6.07) is 9.73. The maximum atomic E-state index is 12.9. The highest BCUT2D eigenvalue weighted by Gasteiger charge is 2.56. The Bertz CT molecular complexity index is 1100. The van der Waals surface area contributed by atoms with Crippen molar-refractivity contribution in [3.05, 3.63) is 76.7 Å². The smallest absolute Gasteiger partial charge is 0.416 e. The summed E-state index contributed by atoms with van der Waals surface area (Å²) in [5.41, 5.74) is 0.130. The fraction of sp³-hybridized carbons (Fsp3) is 0.333. The van der Waals surface area contributed by atoms with Crippen LogP contribution in [0.2, 0.25) is 0 Å². The summed E-state index contributed by atoms with van der Waals surface area (Å²) in [5.74, 6) is -0.902. The van der Waals surface area contributed by atoms with E-state index < -0.39 is 35.0 Å². The zero-order valence-corrected chi connectivity index (χ0v) is 17.9. The number of fused-ring (bicyclic) bond motifs is 2. The van der Waals surface area contributed by atoms with Gasteiger partial charge in [-0.05, 0) is 60.4 Å². The van der Waals surface area contributed by atoms with Crippen molar-refractivity contribution in [3.63, 3.8) is 0 Å². The largest absolute Gasteiger partial charge is 0.484 e. The average Bonchev–Trinajstić information content (AvgIpc) is 2.76. The fourth-order valence-corrected chi connectivity index (χ4v) is 4.20. The highest BCUT2D eigenvalue weighted by molar-refractivity contribution is 5.87. The highest BCUT2D eigenvalue weighted by Crippen LogP contribution is 2.54. The minimum absolute atomic E-state index is 0.0365. The van der Waals surface area contributed by atoms with Gasteiger partial charge in [-0.3, -0.25) is 9.59 Å². The number of rotatable bonds is 7. The Hall–Kier alpha value is -3.40. The molecule has 0 radical (unpaired) electrons. The van der Waals surface area contributed by atoms with Crippen LogP contribution >= 0.6 is 0 Å². The molecule has 1 fully saturated rings. The maximum Gasteiger partial charge on any atom is 0.416 e. The number of aliphatic hydroxyl groups excluding tert-OH is 1. The molecule has 6 nitrogen and oxygen atoms in total. The summed E-state index contributed by atoms with van der Waals surface area (Å²) < 4.78 is 56.2. The molecule has 0 aromatic heterocycles. The third-order valence-electron chi connectivity index (χ3n) is 6.18. The zero-order valence-electron chi connectivity index (χ0n) is 17.9. The minimum Gasteiger partial charge on any atom is -0.484 e. The van der Waals surface area contributed by atoms with Crippen LogP contribution in [0.5, 0.6) is 5.75 Å². The number of benzene rings is 2. The third kappa shape index (κ3) is 4.91. The van der Waals surface area contributed by atoms with Gasteiger partial charge in [0.25, 0.3) is 5.91 Å². The van der Waals surface area contributed by atoms with Gasteiger partial charge in [-0.15, -0.1) is 0 Å². The maximum absolute atomic E-state index is 12.9. The lowest BCUT2D eigenvalue weighted by atomic mass is 9.56. The molecule has 10 heteroatoms. The van der Waals surface area contributed by atoms with E-state index >= 15 is 0 Å². The molecule has 0 aliphatic heterocycles. The number of hydrogen-bond donors (Lipinski definition) is 3. The van der Waals surface area contributed by atoms with E-state index in [1.807, 2.05) is 0 Å². The van der Waals surface area contributed by atoms with Crippen LogP contribution in [0.3, 0.4) is 0 Å². The van der Waals surface area contributed by atoms with Gasteiger partial charge in [0.15, 0.2) is 6.61 Å². The molecule has 0 saturated heterocycles. The van der Waals surface area contributed by atoms with Crippen molar-refractivity contribution in [2.45, 2.75) is 38.1 Å². The van der Waals surface area contributed by atoms with E-state index in [9.17, 15) is 32.3 Å². The second kappa shape index (κ2) is 9.09. The first-order chi connectivity index (χ1) is 16.1. The predicted octanol–water partition coefficient (Wildman–Crippen LogP) is 3.45. The molecule has 2 amide bonds. The molecule has 34 heavy (non-hydrogen) atoms. The molecule has 3 aliphatic carbocycles. The van der Waals surface area contributed by atoms with Crippen LogP contribution in [0.4, 0.5) is 17.6 Å². The van der Waals surface area contributed by atoms with E-state index in [0.717, 1.165) is 17.7 Å². The summed E-state index contributed by atoms with van der Waals surface area (Å²) in [7, 11) is 0. The van der Waals surface area contributed by atoms with Gasteiger partial charge in [-0.25, -0.2) is 4.39 Å². The van der Waals surface area contributed by atoms with Crippen molar-refractivity contribution in [1.29, 1.82) is 0 Å². The van der Waals surface area contributed by atoms with Crippen molar-refractivity contribution in [2.75, 3.05) is 6.61 Å². The molecule has 180 valence electrons. The molecule has 1 atom stereocenters. The number of carbonyl (C=O) groups is 2. The third-order valence-corrected chi connectivity index (χ3v) is 6.18. The second-order valence-electron chi connectivity index (χ2n) is 8.48. The number of amides is 2. The second-order valence-corrected chi connectivity index (χ2v) is 8.48. The van der Waals surface area contributed by atoms with E-state index in [1.54, 1.807) is 0 Å². The standard InChI is InChI=1S/C24H22F4N2O4/c25-17-5-7-18(8-6-17)34-13-21(32)30-19-9-20(31)23(10-15(19)11-23)22(33)29-12-14-1-3-16(4-2-14)24(26,27)28/h1-8,20,31H,9-13H2,(H,29,33)(H,30,32). The van der Waals surface area contributed by atoms with Crippen molar-refractivity contribution < 1.29 is 37.0 Å². The van der Waals surface area contributed by atoms with E-state index in [-0.39, 0.29) is 38.3 Å². The Labute approximate surface area is 192 Å². The topological polar surface area (TPSA) is 87.7 Å². The number of allylic oxidation sites excluding steroid dienone is 1. The molecule has 1 unspecified atom stereocenters. The van der Waals surface area contributed by atoms with E-state index in [1.165, 1.54) is 36.4 Å². The van der Waals surface area contributed by atoms with Crippen LogP contribution in [-0.2, 0) is 22.3 Å². The zero-order chi connectivity index (χ0) is 24.5. The highest BCUT2D eigenvalue weighted by atomic mass is 19.4. The molecular weight excluding hydrogens is 456 g/mol. The SMILES string of the molecule is O=C(COc1ccc(F)cc1)NC1=C2CC(C(=O)NCc3ccc(C(F)(F)F)cc3)(C2)C(O)C1. The van der Waals surface area contributed by atoms with E-state index in [2.05, 4.69) is 10.6 Å². The Morgan fingerprint density at radius 2 is 1.71 bits per heavy atom. The molecular formula is C24H22F4N2O4. The summed E-state index contributed by atoms with van der Waals surface area (Å²) in [6.07, 6.45) is -4.80. The summed E-state index contributed by atoms with van der Waals surface area (Å²) in [6.45, 7) is -0.258. The number of nitrogens with one attached hydrogen (secondary N) is 2. The van der Waals surface area contributed by atoms with Gasteiger partial charge in [0.1, 0.15) is 11.6 Å². The van der Waals surface area contributed by atoms with Gasteiger partial charge in [0.05, 0.1) is 17.1 Å². The lowest BCUT2D eigenvalue weighted by Crippen LogP contribution is -2.58. The predicted molar refractivity (Wildman–Crippen MR) is 113 cm³/mol. The van der Waals surface area contributed by atoms with Gasteiger partial charge in [0.2, 0.25) is 5.91 Å². The first-order valence-electron chi connectivity index (χ1n) is 10.6. The molecule has 2 bridgehead atoms. The van der Waals surface area contributed by atoms with E-state index in [0.29, 0.717) is 17.0 Å². The lowest BCUT2D eigenvalue weighted by molar-refractivity contribution is -0.144. The number of ether oxygens (including phenoxy) is 1. The Balaban J connectivity index is 1.29. The minimum atomic E-state index is -4.43. The first-order valence-corrected chi connectivity index (χ1v) is 10.6. The molecule has 0 spiro atoms. The summed E-state index contributed by atoms with van der Waals surface area (Å²) in [4.78, 5) is 25.0. The fourth-order valence-electron chi connectivity index (χ4n) is 4.20. The van der Waals surface area contributed by atoms with Gasteiger partial charge in [-0.1, -0.05) is 12.1 Å². The first kappa shape index (κ1) is 23.7. The molecule has 3 aliphatic rings. The molecule has 5 rings (SSSR count). The Morgan fingerprint density at radius 1 is 1.06 bits per heavy atom. The van der Waals surface area contributed by atoms with Crippen molar-refractivity contribution >= 4 is 11.8 Å². The molecule has 2 aromatic rings. The normalized spacial score (nSPS) is 21.5. The van der Waals surface area contributed by atoms with Crippen molar-refractivity contribution in [2.24, 2.45) is 5.41 Å². The quantitative estimate of drug-likeness (QED) is 0.532. The number of aliphatic hydroxyl groups is 1. The van der Waals surface area contributed by atoms with Gasteiger partial charge in [0, 0.05) is 18.7 Å². The van der Waals surface area contributed by atoms with Crippen LogP contribution in [0.15, 0.2) is 59.8 Å². The lowest BCUT2D eigenvalue weighted by Gasteiger charge is -2.50. The van der Waals surface area contributed by atoms with Gasteiger partial charge in [-0.2, -0.15) is 13.2 Å². The van der Waals surface area contributed by atoms with Crippen LogP contribution in [-0.4, -0.2) is 29.6 Å². The van der Waals surface area contributed by atoms with Crippen LogP contribution in [0, 0.1) is 11.2 Å². The van der Waals surface area contributed by atoms with Gasteiger partial charge >= 0.3 is 6.18 Å². The number of halogens is 4. The van der Waals surface area contributed by atoms with Crippen molar-refractivity contribution in [3.8, 4) is 5.75 Å². The molecule has 1 saturated carbocycles. The van der Waals surface area contributed by atoms with Crippen LogP contribution in [0.25, 0.3) is 0 Å². The molecule has 3 N–H and O–H groups in total. The summed E-state index contributed by atoms with van der Waals surface area (Å²) in [5, 5.41) is 16.0. The van der Waals surface area contributed by atoms with E-state index in [4.69, 9.17) is 4.74 Å². The summed E-state index contributed by atoms with van der Waals surface area (Å²) >= 11 is 0. The van der Waals surface area contributed by atoms with Crippen LogP contribution in [0.1, 0.15) is 30.4 Å².